The van der Waals surface area contributed by atoms with E-state index in [-0.39, 0.29) is 22.4 Å². The number of hydrogen-bond donors (Lipinski definition) is 2. The molecule has 2 unspecified atom stereocenters. The molecule has 0 aromatic heterocycles. The molecule has 1 aliphatic rings. The monoisotopic (exact) mass is 758 g/mol. The van der Waals surface area contributed by atoms with Crippen molar-refractivity contribution in [1.29, 1.82) is 0 Å². The number of carbonyl (C=O) groups excluding carboxylic acids is 4. The number of unbranched alkanes of at least 4 members (excludes halogenated alkanes) is 1. The van der Waals surface area contributed by atoms with Gasteiger partial charge in [0.25, 0.3) is 11.8 Å². The van der Waals surface area contributed by atoms with Crippen molar-refractivity contribution in [3.8, 4) is 5.75 Å². The third-order valence-electron chi connectivity index (χ3n) is 7.28. The number of anilines is 2. The van der Waals surface area contributed by atoms with E-state index in [2.05, 4.69) is 40.1 Å². The number of alkyl halides is 11. The highest BCUT2D eigenvalue weighted by molar-refractivity contribution is 6.35. The number of benzene rings is 3. The molecule has 0 saturated heterocycles. The average molecular weight is 760 g/mol. The van der Waals surface area contributed by atoms with E-state index in [1.165, 1.54) is 47.8 Å². The van der Waals surface area contributed by atoms with Crippen molar-refractivity contribution in [3.05, 3.63) is 88.5 Å². The summed E-state index contributed by atoms with van der Waals surface area (Å²) in [5.41, 5.74) is -3.41. The molecular weight excluding hydrogens is 739 g/mol. The zero-order chi connectivity index (χ0) is 36.7. The van der Waals surface area contributed by atoms with Gasteiger partial charge in [-0.3, -0.25) is 19.2 Å². The Morgan fingerprint density at radius 1 is 0.714 bits per heavy atom. The molecular formula is C31H21Cl3F8N2O5. The largest absolute Gasteiger partial charge is 0.494 e. The summed E-state index contributed by atoms with van der Waals surface area (Å²) in [5.74, 6) is -18.6. The van der Waals surface area contributed by atoms with Gasteiger partial charge in [0.15, 0.2) is 11.6 Å². The molecule has 0 saturated carbocycles. The second-order valence-electron chi connectivity index (χ2n) is 10.5. The highest BCUT2D eigenvalue weighted by Gasteiger charge is 2.84. The standard InChI is InChI=1S/C31H21Cl3F8N2O5/c1-2-3-14-49-16-10-8-15(9-11-16)25(47)43-19-12-13-20(22-21(19)23(45)17-6-4-5-7-18(17)24(22)46)44-26(48)27(35,36)28(32,37)30(39,40)29(33,38)31(34,41)42/h4-13H,2-3,14H2,1H3,(H,43,47)(H,44,48). The minimum atomic E-state index is -6.76. The van der Waals surface area contributed by atoms with Crippen LogP contribution in [0, 0.1) is 0 Å². The number of fused-ring (bicyclic) bond motifs is 2. The number of ketones is 2. The number of amides is 2. The van der Waals surface area contributed by atoms with Crippen LogP contribution < -0.4 is 15.4 Å². The van der Waals surface area contributed by atoms with E-state index < -0.39 is 67.7 Å². The van der Waals surface area contributed by atoms with Gasteiger partial charge in [0.1, 0.15) is 5.75 Å². The summed E-state index contributed by atoms with van der Waals surface area (Å²) in [6.45, 7) is 2.39. The van der Waals surface area contributed by atoms with Crippen LogP contribution in [0.3, 0.4) is 0 Å². The number of ether oxygens (including phenoxy) is 1. The van der Waals surface area contributed by atoms with Crippen LogP contribution in [-0.4, -0.2) is 57.5 Å². The van der Waals surface area contributed by atoms with Crippen LogP contribution in [0.4, 0.5) is 46.5 Å². The first kappa shape index (κ1) is 37.9. The third kappa shape index (κ3) is 6.55. The smallest absolute Gasteiger partial charge is 0.378 e. The Kier molecular flexibility index (Phi) is 10.4. The van der Waals surface area contributed by atoms with Gasteiger partial charge in [-0.05, 0) is 54.4 Å². The highest BCUT2D eigenvalue weighted by Crippen LogP contribution is 2.60. The summed E-state index contributed by atoms with van der Waals surface area (Å²) in [6, 6.07) is 12.3. The van der Waals surface area contributed by atoms with E-state index in [0.717, 1.165) is 25.0 Å². The number of hydrogen-bond acceptors (Lipinski definition) is 5. The Balaban J connectivity index is 1.74. The zero-order valence-electron chi connectivity index (χ0n) is 24.6. The molecule has 4 rings (SSSR count). The topological polar surface area (TPSA) is 102 Å². The normalized spacial score (nSPS) is 15.8. The van der Waals surface area contributed by atoms with Crippen molar-refractivity contribution >= 4 is 69.6 Å². The van der Waals surface area contributed by atoms with E-state index in [4.69, 9.17) is 4.74 Å². The van der Waals surface area contributed by atoms with Crippen molar-refractivity contribution in [2.75, 3.05) is 17.2 Å². The fraction of sp³-hybridized carbons (Fsp3) is 0.290. The lowest BCUT2D eigenvalue weighted by atomic mass is 9.82. The molecule has 3 aromatic rings. The number of rotatable bonds is 12. The lowest BCUT2D eigenvalue weighted by Gasteiger charge is -2.39. The Bertz CT molecular complexity index is 1820. The molecule has 0 spiro atoms. The first-order valence-electron chi connectivity index (χ1n) is 13.9. The Labute approximate surface area is 286 Å². The van der Waals surface area contributed by atoms with Gasteiger partial charge in [-0.1, -0.05) is 60.8 Å². The van der Waals surface area contributed by atoms with E-state index in [9.17, 15) is 54.3 Å². The molecule has 18 heteroatoms. The van der Waals surface area contributed by atoms with Crippen molar-refractivity contribution in [3.63, 3.8) is 0 Å². The van der Waals surface area contributed by atoms with Crippen molar-refractivity contribution in [2.45, 2.75) is 47.2 Å². The SMILES string of the molecule is CCCCOc1ccc(C(=O)Nc2ccc(NC(=O)C(F)(F)C(F)(Cl)C(F)(F)C(F)(Cl)C(F)(F)Cl)c3c2C(=O)c2ccccc2C3=O)cc1. The van der Waals surface area contributed by atoms with Gasteiger partial charge in [-0.15, -0.1) is 0 Å². The summed E-state index contributed by atoms with van der Waals surface area (Å²) < 4.78 is 120. The van der Waals surface area contributed by atoms with Crippen LogP contribution in [0.15, 0.2) is 60.7 Å². The van der Waals surface area contributed by atoms with E-state index in [1.807, 2.05) is 6.92 Å². The van der Waals surface area contributed by atoms with Gasteiger partial charge >= 0.3 is 27.5 Å². The number of carbonyl (C=O) groups is 4. The molecule has 49 heavy (non-hydrogen) atoms. The van der Waals surface area contributed by atoms with E-state index in [1.54, 1.807) is 0 Å². The molecule has 3 aromatic carbocycles. The van der Waals surface area contributed by atoms with Gasteiger partial charge in [0.05, 0.1) is 29.1 Å². The molecule has 262 valence electrons. The minimum Gasteiger partial charge on any atom is -0.494 e. The second-order valence-corrected chi connectivity index (χ2v) is 12.1. The van der Waals surface area contributed by atoms with Crippen LogP contribution in [0.2, 0.25) is 0 Å². The third-order valence-corrected chi connectivity index (χ3v) is 8.59. The Hall–Kier alpha value is -3.95. The first-order chi connectivity index (χ1) is 22.6. The summed E-state index contributed by atoms with van der Waals surface area (Å²) in [4.78, 5) is 52.9. The van der Waals surface area contributed by atoms with Crippen LogP contribution in [0.25, 0.3) is 0 Å². The van der Waals surface area contributed by atoms with E-state index in [0.29, 0.717) is 18.4 Å². The van der Waals surface area contributed by atoms with Gasteiger partial charge in [0.2, 0.25) is 0 Å². The molecule has 1 aliphatic carbocycles. The molecule has 0 radical (unpaired) electrons. The van der Waals surface area contributed by atoms with Crippen LogP contribution >= 0.6 is 34.8 Å². The summed E-state index contributed by atoms with van der Waals surface area (Å²) >= 11 is 13.1. The summed E-state index contributed by atoms with van der Waals surface area (Å²) in [6.07, 6.45) is 1.66. The van der Waals surface area contributed by atoms with Crippen LogP contribution in [0.1, 0.15) is 62.0 Å². The van der Waals surface area contributed by atoms with Gasteiger partial charge in [-0.25, -0.2) is 8.78 Å². The van der Waals surface area contributed by atoms with Crippen LogP contribution in [-0.2, 0) is 4.79 Å². The molecule has 2 atom stereocenters. The predicted octanol–water partition coefficient (Wildman–Crippen LogP) is 8.74. The fourth-order valence-electron chi connectivity index (χ4n) is 4.58. The molecule has 7 nitrogen and oxygen atoms in total. The lowest BCUT2D eigenvalue weighted by molar-refractivity contribution is -0.258. The number of nitrogens with one attached hydrogen (secondary N) is 2. The number of halogens is 11. The predicted molar refractivity (Wildman–Crippen MR) is 163 cm³/mol. The molecule has 2 amide bonds. The summed E-state index contributed by atoms with van der Waals surface area (Å²) in [5, 5.41) is -14.6. The van der Waals surface area contributed by atoms with Gasteiger partial charge in [-0.2, -0.15) is 26.3 Å². The summed E-state index contributed by atoms with van der Waals surface area (Å²) in [7, 11) is 0. The molecule has 0 bridgehead atoms. The van der Waals surface area contributed by atoms with Crippen molar-refractivity contribution < 1.29 is 59.0 Å². The van der Waals surface area contributed by atoms with Crippen molar-refractivity contribution in [2.24, 2.45) is 0 Å². The van der Waals surface area contributed by atoms with Gasteiger partial charge in [0, 0.05) is 16.7 Å². The Morgan fingerprint density at radius 2 is 1.20 bits per heavy atom. The average Bonchev–Trinajstić information content (AvgIpc) is 3.03. The molecule has 0 fully saturated rings. The zero-order valence-corrected chi connectivity index (χ0v) is 26.9. The quantitative estimate of drug-likeness (QED) is 0.0855. The second kappa shape index (κ2) is 13.4. The minimum absolute atomic E-state index is 0.0386. The lowest BCUT2D eigenvalue weighted by Crippen LogP contribution is -2.67. The Morgan fingerprint density at radius 3 is 1.67 bits per heavy atom. The maximum absolute atomic E-state index is 15.0. The molecule has 0 heterocycles. The molecule has 0 aliphatic heterocycles. The molecule has 2 N–H and O–H groups in total. The first-order valence-corrected chi connectivity index (χ1v) is 15.0. The fourth-order valence-corrected chi connectivity index (χ4v) is 5.09. The van der Waals surface area contributed by atoms with E-state index >= 15 is 0 Å². The maximum Gasteiger partial charge on any atom is 0.378 e. The van der Waals surface area contributed by atoms with Gasteiger partial charge < -0.3 is 15.4 Å². The van der Waals surface area contributed by atoms with Crippen molar-refractivity contribution in [1.82, 2.24) is 0 Å². The highest BCUT2D eigenvalue weighted by atomic mass is 35.5. The maximum atomic E-state index is 15.0. The van der Waals surface area contributed by atoms with Crippen LogP contribution in [0.5, 0.6) is 5.75 Å².